The normalized spacial score (nSPS) is 20.2. The van der Waals surface area contributed by atoms with Crippen molar-refractivity contribution >= 4 is 17.4 Å². The number of benzene rings is 1. The molecule has 1 aromatic rings. The van der Waals surface area contributed by atoms with E-state index in [4.69, 9.17) is 5.73 Å². The molecule has 0 aromatic heterocycles. The summed E-state index contributed by atoms with van der Waals surface area (Å²) < 4.78 is 0. The van der Waals surface area contributed by atoms with Crippen LogP contribution in [0.5, 0.6) is 0 Å². The van der Waals surface area contributed by atoms with Gasteiger partial charge in [0, 0.05) is 17.9 Å². The molecule has 0 bridgehead atoms. The van der Waals surface area contributed by atoms with Crippen LogP contribution in [-0.2, 0) is 0 Å². The zero-order chi connectivity index (χ0) is 12.6. The molecule has 2 fully saturated rings. The third kappa shape index (κ3) is 2.42. The quantitative estimate of drug-likeness (QED) is 0.714. The first kappa shape index (κ1) is 11.4. The second-order valence-corrected chi connectivity index (χ2v) is 5.57. The Bertz CT molecular complexity index is 464. The lowest BCUT2D eigenvalue weighted by Crippen LogP contribution is -2.34. The van der Waals surface area contributed by atoms with Crippen LogP contribution in [0, 0.1) is 11.3 Å². The van der Waals surface area contributed by atoms with E-state index < -0.39 is 0 Å². The molecule has 3 rings (SSSR count). The first-order valence-electron chi connectivity index (χ1n) is 6.58. The summed E-state index contributed by atoms with van der Waals surface area (Å²) in [6.07, 6.45) is 5.24. The largest absolute Gasteiger partial charge is 0.399 e. The van der Waals surface area contributed by atoms with Crippen molar-refractivity contribution in [3.8, 4) is 0 Å². The summed E-state index contributed by atoms with van der Waals surface area (Å²) in [7, 11) is 0. The molecule has 0 saturated heterocycles. The first-order chi connectivity index (χ1) is 8.68. The highest BCUT2D eigenvalue weighted by molar-refractivity contribution is 5.89. The monoisotopic (exact) mass is 245 g/mol. The van der Waals surface area contributed by atoms with Crippen LogP contribution in [-0.4, -0.2) is 12.6 Å². The van der Waals surface area contributed by atoms with Crippen molar-refractivity contribution in [3.63, 3.8) is 0 Å². The third-order valence-corrected chi connectivity index (χ3v) is 4.08. The molecule has 4 nitrogen and oxygen atoms in total. The highest BCUT2D eigenvalue weighted by atomic mass is 16.2. The van der Waals surface area contributed by atoms with Crippen molar-refractivity contribution in [2.45, 2.75) is 25.7 Å². The lowest BCUT2D eigenvalue weighted by molar-refractivity contribution is 0.248. The molecule has 0 heterocycles. The van der Waals surface area contributed by atoms with Crippen LogP contribution in [0.4, 0.5) is 16.2 Å². The smallest absolute Gasteiger partial charge is 0.319 e. The Balaban J connectivity index is 1.50. The van der Waals surface area contributed by atoms with Gasteiger partial charge >= 0.3 is 6.03 Å². The topological polar surface area (TPSA) is 67.1 Å². The minimum Gasteiger partial charge on any atom is -0.399 e. The van der Waals surface area contributed by atoms with Gasteiger partial charge in [-0.25, -0.2) is 4.79 Å². The number of hydrogen-bond donors (Lipinski definition) is 3. The third-order valence-electron chi connectivity index (χ3n) is 4.08. The number of carbonyl (C=O) groups is 1. The molecule has 0 radical (unpaired) electrons. The number of carbonyl (C=O) groups excluding carboxylic acids is 1. The Labute approximate surface area is 107 Å². The second-order valence-electron chi connectivity index (χ2n) is 5.57. The Kier molecular flexibility index (Phi) is 2.65. The van der Waals surface area contributed by atoms with E-state index >= 15 is 0 Å². The molecule has 2 aliphatic rings. The van der Waals surface area contributed by atoms with Gasteiger partial charge in [-0.1, -0.05) is 6.07 Å². The van der Waals surface area contributed by atoms with Crippen LogP contribution in [0.25, 0.3) is 0 Å². The fraction of sp³-hybridized carbons (Fsp3) is 0.500. The molecule has 2 aliphatic carbocycles. The van der Waals surface area contributed by atoms with Crippen molar-refractivity contribution < 1.29 is 4.79 Å². The second kappa shape index (κ2) is 4.19. The van der Waals surface area contributed by atoms with E-state index in [2.05, 4.69) is 10.6 Å². The summed E-state index contributed by atoms with van der Waals surface area (Å²) in [5.74, 6) is 0.866. The van der Waals surface area contributed by atoms with Gasteiger partial charge in [-0.3, -0.25) is 0 Å². The van der Waals surface area contributed by atoms with E-state index in [9.17, 15) is 4.79 Å². The SMILES string of the molecule is Nc1cccc(NC(=O)NCC2(C3CC3)CC2)c1. The predicted molar refractivity (Wildman–Crippen MR) is 72.3 cm³/mol. The van der Waals surface area contributed by atoms with Gasteiger partial charge in [0.2, 0.25) is 0 Å². The standard InChI is InChI=1S/C14H19N3O/c15-11-2-1-3-12(8-11)17-13(18)16-9-14(6-7-14)10-4-5-10/h1-3,8,10H,4-7,9,15H2,(H2,16,17,18). The number of nitrogens with one attached hydrogen (secondary N) is 2. The van der Waals surface area contributed by atoms with E-state index in [1.807, 2.05) is 12.1 Å². The average molecular weight is 245 g/mol. The molecule has 0 aliphatic heterocycles. The highest BCUT2D eigenvalue weighted by Gasteiger charge is 2.53. The van der Waals surface area contributed by atoms with Crippen molar-refractivity contribution in [1.82, 2.24) is 5.32 Å². The van der Waals surface area contributed by atoms with Gasteiger partial charge in [-0.15, -0.1) is 0 Å². The lowest BCUT2D eigenvalue weighted by atomic mass is 10.0. The van der Waals surface area contributed by atoms with Crippen LogP contribution in [0.3, 0.4) is 0 Å². The molecule has 0 spiro atoms. The fourth-order valence-electron chi connectivity index (χ4n) is 2.63. The van der Waals surface area contributed by atoms with E-state index in [0.717, 1.165) is 18.2 Å². The average Bonchev–Trinajstić information content (AvgIpc) is 3.19. The number of urea groups is 1. The Hall–Kier alpha value is -1.71. The minimum atomic E-state index is -0.132. The molecule has 1 aromatic carbocycles. The van der Waals surface area contributed by atoms with E-state index in [1.54, 1.807) is 12.1 Å². The van der Waals surface area contributed by atoms with E-state index in [0.29, 0.717) is 11.1 Å². The van der Waals surface area contributed by atoms with Crippen LogP contribution in [0.1, 0.15) is 25.7 Å². The Morgan fingerprint density at radius 2 is 2.17 bits per heavy atom. The summed E-state index contributed by atoms with van der Waals surface area (Å²) >= 11 is 0. The van der Waals surface area contributed by atoms with Gasteiger partial charge in [-0.2, -0.15) is 0 Å². The van der Waals surface area contributed by atoms with Crippen molar-refractivity contribution in [2.24, 2.45) is 11.3 Å². The van der Waals surface area contributed by atoms with Crippen LogP contribution < -0.4 is 16.4 Å². The van der Waals surface area contributed by atoms with Gasteiger partial charge in [0.05, 0.1) is 0 Å². The van der Waals surface area contributed by atoms with Crippen molar-refractivity contribution in [1.29, 1.82) is 0 Å². The first-order valence-corrected chi connectivity index (χ1v) is 6.58. The Morgan fingerprint density at radius 1 is 1.39 bits per heavy atom. The molecule has 0 atom stereocenters. The number of nitrogen functional groups attached to an aromatic ring is 1. The zero-order valence-corrected chi connectivity index (χ0v) is 10.4. The molecule has 4 N–H and O–H groups in total. The summed E-state index contributed by atoms with van der Waals surface area (Å²) in [6, 6.07) is 7.09. The maximum Gasteiger partial charge on any atom is 0.319 e. The minimum absolute atomic E-state index is 0.132. The number of nitrogens with two attached hydrogens (primary N) is 1. The molecule has 18 heavy (non-hydrogen) atoms. The van der Waals surface area contributed by atoms with E-state index in [1.165, 1.54) is 25.7 Å². The number of hydrogen-bond acceptors (Lipinski definition) is 2. The van der Waals surface area contributed by atoms with Gasteiger partial charge in [0.25, 0.3) is 0 Å². The molecular weight excluding hydrogens is 226 g/mol. The number of amides is 2. The number of anilines is 2. The van der Waals surface area contributed by atoms with Crippen molar-refractivity contribution in [3.05, 3.63) is 24.3 Å². The molecule has 96 valence electrons. The lowest BCUT2D eigenvalue weighted by Gasteiger charge is -2.15. The molecule has 2 amide bonds. The maximum absolute atomic E-state index is 11.8. The van der Waals surface area contributed by atoms with Crippen LogP contribution in [0.15, 0.2) is 24.3 Å². The molecule has 0 unspecified atom stereocenters. The molecule has 2 saturated carbocycles. The summed E-state index contributed by atoms with van der Waals surface area (Å²) in [6.45, 7) is 0.811. The van der Waals surface area contributed by atoms with Gasteiger partial charge in [0.1, 0.15) is 0 Å². The fourth-order valence-corrected chi connectivity index (χ4v) is 2.63. The van der Waals surface area contributed by atoms with Gasteiger partial charge in [0.15, 0.2) is 0 Å². The van der Waals surface area contributed by atoms with Crippen LogP contribution in [0.2, 0.25) is 0 Å². The summed E-state index contributed by atoms with van der Waals surface area (Å²) in [4.78, 5) is 11.8. The zero-order valence-electron chi connectivity index (χ0n) is 10.4. The predicted octanol–water partition coefficient (Wildman–Crippen LogP) is 2.58. The molecule has 4 heteroatoms. The van der Waals surface area contributed by atoms with E-state index in [-0.39, 0.29) is 6.03 Å². The highest BCUT2D eigenvalue weighted by Crippen LogP contribution is 2.60. The summed E-state index contributed by atoms with van der Waals surface area (Å²) in [5.41, 5.74) is 7.50. The molecular formula is C14H19N3O. The van der Waals surface area contributed by atoms with Crippen LogP contribution >= 0.6 is 0 Å². The van der Waals surface area contributed by atoms with Gasteiger partial charge in [-0.05, 0) is 55.2 Å². The Morgan fingerprint density at radius 3 is 2.78 bits per heavy atom. The van der Waals surface area contributed by atoms with Gasteiger partial charge < -0.3 is 16.4 Å². The maximum atomic E-state index is 11.8. The summed E-state index contributed by atoms with van der Waals surface area (Å²) in [5, 5.41) is 5.80. The van der Waals surface area contributed by atoms with Crippen molar-refractivity contribution in [2.75, 3.05) is 17.6 Å². The number of rotatable bonds is 4.